The molecule has 0 aliphatic rings. The topological polar surface area (TPSA) is 107 Å². The van der Waals surface area contributed by atoms with E-state index in [0.717, 1.165) is 12.1 Å². The van der Waals surface area contributed by atoms with Crippen molar-refractivity contribution in [1.29, 1.82) is 0 Å². The summed E-state index contributed by atoms with van der Waals surface area (Å²) in [5.74, 6) is -1.54. The fraction of sp³-hybridized carbons (Fsp3) is 0.500. The van der Waals surface area contributed by atoms with Gasteiger partial charge in [0.1, 0.15) is 0 Å². The number of hydrogen-bond donors (Lipinski definition) is 1. The molecular weight excluding hydrogens is 398 g/mol. The normalized spacial score (nSPS) is 15.9. The molecule has 150 valence electrons. The first kappa shape index (κ1) is 23.0. The predicted molar refractivity (Wildman–Crippen MR) is 108 cm³/mol. The van der Waals surface area contributed by atoms with Gasteiger partial charge in [0, 0.05) is 0 Å². The molecule has 1 aromatic rings. The molecule has 0 aliphatic carbocycles. The van der Waals surface area contributed by atoms with Crippen LogP contribution in [0.2, 0.25) is 0 Å². The van der Waals surface area contributed by atoms with E-state index < -0.39 is 40.6 Å². The second kappa shape index (κ2) is 6.23. The number of carbonyl (C=O) groups excluding carboxylic acids is 2. The van der Waals surface area contributed by atoms with Crippen molar-refractivity contribution in [2.75, 3.05) is 53.3 Å². The van der Waals surface area contributed by atoms with Crippen molar-refractivity contribution in [3.05, 3.63) is 29.3 Å². The Bertz CT molecular complexity index is 799. The summed E-state index contributed by atoms with van der Waals surface area (Å²) in [7, 11) is -4.63. The van der Waals surface area contributed by atoms with Crippen molar-refractivity contribution in [2.24, 2.45) is 0 Å². The standard InChI is InChI=1S/C16H28O7P2S/c1-24(2,3,4)22-15(17)12-9-13(11-14(10-12)26(19,20)21)16(18)23-25(5,6,7)8/h9-11H,1-8H3,(H,19,20,21). The maximum atomic E-state index is 12.5. The van der Waals surface area contributed by atoms with Gasteiger partial charge >= 0.3 is 155 Å². The molecule has 1 N–H and O–H groups in total. The quantitative estimate of drug-likeness (QED) is 0.569. The summed E-state index contributed by atoms with van der Waals surface area (Å²) < 4.78 is 43.5. The summed E-state index contributed by atoms with van der Waals surface area (Å²) in [6.07, 6.45) is 0. The van der Waals surface area contributed by atoms with Crippen molar-refractivity contribution in [2.45, 2.75) is 4.90 Å². The monoisotopic (exact) mass is 426 g/mol. The van der Waals surface area contributed by atoms with Gasteiger partial charge < -0.3 is 0 Å². The Morgan fingerprint density at radius 1 is 0.769 bits per heavy atom. The third kappa shape index (κ3) is 8.09. The summed E-state index contributed by atoms with van der Waals surface area (Å²) in [6.45, 7) is 9.02. The Hall–Kier alpha value is -1.07. The third-order valence-corrected chi connectivity index (χ3v) is 5.20. The number of carbonyl (C=O) groups is 2. The molecule has 26 heavy (non-hydrogen) atoms. The maximum absolute atomic E-state index is 12.5. The van der Waals surface area contributed by atoms with Crippen molar-refractivity contribution in [1.82, 2.24) is 0 Å². The molecule has 0 amide bonds. The van der Waals surface area contributed by atoms with Crippen LogP contribution in [-0.4, -0.2) is 78.2 Å². The molecule has 0 fully saturated rings. The second-order valence-corrected chi connectivity index (χ2v) is 25.2. The van der Waals surface area contributed by atoms with Gasteiger partial charge in [-0.15, -0.1) is 0 Å². The molecule has 0 saturated carbocycles. The van der Waals surface area contributed by atoms with Crippen LogP contribution in [-0.2, 0) is 19.2 Å². The Kier molecular flexibility index (Phi) is 5.51. The van der Waals surface area contributed by atoms with Gasteiger partial charge in [0.25, 0.3) is 0 Å². The van der Waals surface area contributed by atoms with Crippen LogP contribution in [0.3, 0.4) is 0 Å². The van der Waals surface area contributed by atoms with Crippen molar-refractivity contribution in [3.8, 4) is 0 Å². The molecule has 10 heteroatoms. The zero-order valence-corrected chi connectivity index (χ0v) is 19.0. The Morgan fingerprint density at radius 3 is 1.31 bits per heavy atom. The minimum absolute atomic E-state index is 0.145. The number of benzene rings is 1. The van der Waals surface area contributed by atoms with E-state index in [1.165, 1.54) is 6.07 Å². The van der Waals surface area contributed by atoms with E-state index in [2.05, 4.69) is 0 Å². The van der Waals surface area contributed by atoms with Crippen molar-refractivity contribution in [3.63, 3.8) is 0 Å². The fourth-order valence-electron chi connectivity index (χ4n) is 1.75. The van der Waals surface area contributed by atoms with Gasteiger partial charge in [0.05, 0.1) is 0 Å². The van der Waals surface area contributed by atoms with Crippen LogP contribution >= 0.6 is 13.7 Å². The molecule has 7 nitrogen and oxygen atoms in total. The van der Waals surface area contributed by atoms with Crippen LogP contribution in [0.4, 0.5) is 0 Å². The van der Waals surface area contributed by atoms with Crippen LogP contribution in [0.15, 0.2) is 23.1 Å². The first-order chi connectivity index (χ1) is 11.1. The minimum atomic E-state index is -4.63. The summed E-state index contributed by atoms with van der Waals surface area (Å²) in [4.78, 5) is 24.3. The SMILES string of the molecule is CP(C)(C)(C)OC(=O)c1cc(C(=O)OP(C)(C)(C)C)cc(S(=O)(=O)O)c1. The first-order valence-corrected chi connectivity index (χ1v) is 17.0. The summed E-state index contributed by atoms with van der Waals surface area (Å²) in [5.41, 5.74) is -0.290. The summed E-state index contributed by atoms with van der Waals surface area (Å²) in [6, 6.07) is 3.17. The van der Waals surface area contributed by atoms with Crippen LogP contribution in [0.5, 0.6) is 0 Å². The van der Waals surface area contributed by atoms with E-state index in [4.69, 9.17) is 9.05 Å². The predicted octanol–water partition coefficient (Wildman–Crippen LogP) is 3.22. The van der Waals surface area contributed by atoms with E-state index >= 15 is 0 Å². The van der Waals surface area contributed by atoms with Gasteiger partial charge in [-0.05, 0) is 0 Å². The van der Waals surface area contributed by atoms with Gasteiger partial charge in [0.15, 0.2) is 0 Å². The molecule has 0 saturated heterocycles. The van der Waals surface area contributed by atoms with E-state index in [-0.39, 0.29) is 11.1 Å². The molecule has 0 bridgehead atoms. The molecule has 0 spiro atoms. The molecule has 0 aromatic heterocycles. The van der Waals surface area contributed by atoms with Crippen LogP contribution in [0, 0.1) is 0 Å². The third-order valence-electron chi connectivity index (χ3n) is 2.57. The van der Waals surface area contributed by atoms with Gasteiger partial charge in [0.2, 0.25) is 0 Å². The van der Waals surface area contributed by atoms with Crippen molar-refractivity contribution >= 4 is 35.7 Å². The number of rotatable bonds is 5. The molecule has 0 aliphatic heterocycles. The zero-order chi connectivity index (χ0) is 20.8. The molecule has 1 rings (SSSR count). The van der Waals surface area contributed by atoms with E-state index in [1.807, 2.05) is 0 Å². The van der Waals surface area contributed by atoms with E-state index in [0.29, 0.717) is 0 Å². The molecular formula is C16H28O7P2S. The Labute approximate surface area is 155 Å². The van der Waals surface area contributed by atoms with Gasteiger partial charge in [-0.3, -0.25) is 0 Å². The van der Waals surface area contributed by atoms with E-state index in [1.54, 1.807) is 53.3 Å². The van der Waals surface area contributed by atoms with Crippen LogP contribution in [0.25, 0.3) is 0 Å². The van der Waals surface area contributed by atoms with Gasteiger partial charge in [-0.1, -0.05) is 0 Å². The molecule has 0 heterocycles. The summed E-state index contributed by atoms with van der Waals surface area (Å²) in [5, 5.41) is 0. The van der Waals surface area contributed by atoms with Gasteiger partial charge in [-0.25, -0.2) is 0 Å². The van der Waals surface area contributed by atoms with E-state index in [9.17, 15) is 22.6 Å². The summed E-state index contributed by atoms with van der Waals surface area (Å²) >= 11 is 0. The molecule has 0 radical (unpaired) electrons. The zero-order valence-electron chi connectivity index (χ0n) is 16.4. The Balaban J connectivity index is 3.46. The second-order valence-electron chi connectivity index (χ2n) is 9.81. The van der Waals surface area contributed by atoms with Crippen molar-refractivity contribution < 1.29 is 31.6 Å². The molecule has 1 aromatic carbocycles. The molecule has 0 unspecified atom stereocenters. The number of hydrogen-bond acceptors (Lipinski definition) is 6. The van der Waals surface area contributed by atoms with Crippen LogP contribution < -0.4 is 0 Å². The van der Waals surface area contributed by atoms with Crippen LogP contribution in [0.1, 0.15) is 20.7 Å². The first-order valence-electron chi connectivity index (χ1n) is 7.71. The molecule has 0 atom stereocenters. The average molecular weight is 426 g/mol. The van der Waals surface area contributed by atoms with Gasteiger partial charge in [-0.2, -0.15) is 0 Å². The average Bonchev–Trinajstić information content (AvgIpc) is 2.31. The fourth-order valence-corrected chi connectivity index (χ4v) is 3.84. The Morgan fingerprint density at radius 2 is 1.08 bits per heavy atom.